The maximum Gasteiger partial charge on any atom is 0.136 e. The smallest absolute Gasteiger partial charge is 0.136 e. The van der Waals surface area contributed by atoms with Gasteiger partial charge in [0.1, 0.15) is 11.8 Å². The minimum absolute atomic E-state index is 0.457. The highest BCUT2D eigenvalue weighted by molar-refractivity contribution is 7.84. The van der Waals surface area contributed by atoms with Crippen molar-refractivity contribution in [1.29, 1.82) is 5.26 Å². The highest BCUT2D eigenvalue weighted by atomic mass is 32.2. The molecule has 0 heterocycles. The van der Waals surface area contributed by atoms with Crippen LogP contribution in [0.4, 0.5) is 0 Å². The monoisotopic (exact) mass is 252 g/mol. The van der Waals surface area contributed by atoms with Crippen molar-refractivity contribution in [2.75, 3.05) is 19.4 Å². The topological polar surface area (TPSA) is 76.1 Å². The van der Waals surface area contributed by atoms with E-state index in [1.54, 1.807) is 12.1 Å². The van der Waals surface area contributed by atoms with Crippen LogP contribution in [0.25, 0.3) is 0 Å². The van der Waals surface area contributed by atoms with Crippen molar-refractivity contribution in [3.8, 4) is 11.8 Å². The lowest BCUT2D eigenvalue weighted by Crippen LogP contribution is -2.07. The van der Waals surface area contributed by atoms with Gasteiger partial charge in [-0.15, -0.1) is 0 Å². The number of ether oxygens (including phenoxy) is 1. The number of nitrogens with two attached hydrogens (primary N) is 1. The van der Waals surface area contributed by atoms with Crippen molar-refractivity contribution >= 4 is 10.8 Å². The molecule has 0 amide bonds. The molecule has 0 bridgehead atoms. The molecule has 1 unspecified atom stereocenters. The van der Waals surface area contributed by atoms with E-state index in [9.17, 15) is 4.21 Å². The van der Waals surface area contributed by atoms with Crippen molar-refractivity contribution < 1.29 is 8.95 Å². The van der Waals surface area contributed by atoms with Gasteiger partial charge in [0, 0.05) is 22.3 Å². The first-order valence-electron chi connectivity index (χ1n) is 5.33. The first-order valence-corrected chi connectivity index (χ1v) is 6.82. The van der Waals surface area contributed by atoms with Crippen LogP contribution in [-0.4, -0.2) is 23.6 Å². The molecular formula is C12H16N2O2S. The molecule has 92 valence electrons. The molecule has 0 saturated carbocycles. The Morgan fingerprint density at radius 2 is 2.29 bits per heavy atom. The van der Waals surface area contributed by atoms with E-state index in [2.05, 4.69) is 6.07 Å². The summed E-state index contributed by atoms with van der Waals surface area (Å²) in [6, 6.07) is 7.34. The van der Waals surface area contributed by atoms with Crippen LogP contribution in [0.3, 0.4) is 0 Å². The summed E-state index contributed by atoms with van der Waals surface area (Å²) in [5, 5.41) is 8.93. The normalized spacial score (nSPS) is 11.8. The van der Waals surface area contributed by atoms with E-state index in [1.807, 2.05) is 6.07 Å². The Kier molecular flexibility index (Phi) is 5.67. The Morgan fingerprint density at radius 1 is 1.53 bits per heavy atom. The Balaban J connectivity index is 2.73. The predicted molar refractivity (Wildman–Crippen MR) is 68.1 cm³/mol. The second-order valence-electron chi connectivity index (χ2n) is 3.58. The van der Waals surface area contributed by atoms with Gasteiger partial charge in [-0.2, -0.15) is 5.26 Å². The summed E-state index contributed by atoms with van der Waals surface area (Å²) in [5.74, 6) is 1.60. The van der Waals surface area contributed by atoms with Crippen molar-refractivity contribution in [2.45, 2.75) is 12.2 Å². The third-order valence-corrected chi connectivity index (χ3v) is 3.69. The summed E-state index contributed by atoms with van der Waals surface area (Å²) in [4.78, 5) is 0. The SMILES string of the molecule is COc1ccc(CS(=O)CCCN)cc1C#N. The summed E-state index contributed by atoms with van der Waals surface area (Å²) in [7, 11) is 0.603. The highest BCUT2D eigenvalue weighted by Crippen LogP contribution is 2.19. The second kappa shape index (κ2) is 7.05. The summed E-state index contributed by atoms with van der Waals surface area (Å²) in [5.41, 5.74) is 6.72. The van der Waals surface area contributed by atoms with Gasteiger partial charge in [0.25, 0.3) is 0 Å². The summed E-state index contributed by atoms with van der Waals surface area (Å²) in [6.45, 7) is 0.553. The molecule has 1 atom stereocenters. The molecule has 4 nitrogen and oxygen atoms in total. The van der Waals surface area contributed by atoms with E-state index in [-0.39, 0.29) is 0 Å². The lowest BCUT2D eigenvalue weighted by atomic mass is 10.1. The van der Waals surface area contributed by atoms with E-state index in [0.717, 1.165) is 12.0 Å². The van der Waals surface area contributed by atoms with Crippen LogP contribution in [0.15, 0.2) is 18.2 Å². The van der Waals surface area contributed by atoms with E-state index in [0.29, 0.717) is 29.4 Å². The Hall–Kier alpha value is -1.38. The number of methoxy groups -OCH3 is 1. The molecule has 0 aromatic heterocycles. The van der Waals surface area contributed by atoms with Crippen LogP contribution >= 0.6 is 0 Å². The molecule has 1 aromatic carbocycles. The fourth-order valence-corrected chi connectivity index (χ4v) is 2.62. The zero-order chi connectivity index (χ0) is 12.7. The third kappa shape index (κ3) is 4.17. The summed E-state index contributed by atoms with van der Waals surface area (Å²) < 4.78 is 16.7. The number of nitrogens with zero attached hydrogens (tertiary/aromatic N) is 1. The molecule has 2 N–H and O–H groups in total. The van der Waals surface area contributed by atoms with Crippen molar-refractivity contribution in [2.24, 2.45) is 5.73 Å². The molecule has 0 saturated heterocycles. The summed E-state index contributed by atoms with van der Waals surface area (Å²) >= 11 is 0. The van der Waals surface area contributed by atoms with Crippen molar-refractivity contribution in [3.05, 3.63) is 29.3 Å². The van der Waals surface area contributed by atoms with Crippen LogP contribution in [0.2, 0.25) is 0 Å². The molecule has 0 spiro atoms. The van der Waals surface area contributed by atoms with E-state index >= 15 is 0 Å². The number of rotatable bonds is 6. The fraction of sp³-hybridized carbons (Fsp3) is 0.417. The average molecular weight is 252 g/mol. The molecular weight excluding hydrogens is 236 g/mol. The molecule has 1 rings (SSSR count). The van der Waals surface area contributed by atoms with Crippen LogP contribution in [0.5, 0.6) is 5.75 Å². The number of nitriles is 1. The van der Waals surface area contributed by atoms with Gasteiger partial charge in [0.15, 0.2) is 0 Å². The van der Waals surface area contributed by atoms with Crippen LogP contribution in [0, 0.1) is 11.3 Å². The fourth-order valence-electron chi connectivity index (χ4n) is 1.43. The first kappa shape index (κ1) is 13.7. The van der Waals surface area contributed by atoms with Crippen molar-refractivity contribution in [1.82, 2.24) is 0 Å². The second-order valence-corrected chi connectivity index (χ2v) is 5.15. The van der Waals surface area contributed by atoms with E-state index in [1.165, 1.54) is 7.11 Å². The molecule has 0 aliphatic carbocycles. The molecule has 17 heavy (non-hydrogen) atoms. The van der Waals surface area contributed by atoms with Gasteiger partial charge in [0.05, 0.1) is 12.7 Å². The molecule has 0 fully saturated rings. The average Bonchev–Trinajstić information content (AvgIpc) is 2.36. The van der Waals surface area contributed by atoms with Crippen molar-refractivity contribution in [3.63, 3.8) is 0 Å². The first-order chi connectivity index (χ1) is 8.21. The van der Waals surface area contributed by atoms with Gasteiger partial charge >= 0.3 is 0 Å². The van der Waals surface area contributed by atoms with Crippen LogP contribution in [-0.2, 0) is 16.6 Å². The number of hydrogen-bond donors (Lipinski definition) is 1. The lowest BCUT2D eigenvalue weighted by Gasteiger charge is -2.06. The molecule has 0 aliphatic rings. The maximum atomic E-state index is 11.7. The number of hydrogen-bond acceptors (Lipinski definition) is 4. The van der Waals surface area contributed by atoms with Gasteiger partial charge in [-0.1, -0.05) is 6.07 Å². The predicted octanol–water partition coefficient (Wildman–Crippen LogP) is 1.16. The van der Waals surface area contributed by atoms with Gasteiger partial charge < -0.3 is 10.5 Å². The largest absolute Gasteiger partial charge is 0.495 e. The Bertz CT molecular complexity index is 441. The maximum absolute atomic E-state index is 11.7. The quantitative estimate of drug-likeness (QED) is 0.824. The minimum atomic E-state index is -0.920. The summed E-state index contributed by atoms with van der Waals surface area (Å²) in [6.07, 6.45) is 0.758. The van der Waals surface area contributed by atoms with Gasteiger partial charge in [-0.25, -0.2) is 0 Å². The zero-order valence-electron chi connectivity index (χ0n) is 9.81. The van der Waals surface area contributed by atoms with E-state index in [4.69, 9.17) is 15.7 Å². The minimum Gasteiger partial charge on any atom is -0.495 e. The Morgan fingerprint density at radius 3 is 2.88 bits per heavy atom. The molecule has 0 aliphatic heterocycles. The molecule has 1 aromatic rings. The van der Waals surface area contributed by atoms with Gasteiger partial charge in [-0.3, -0.25) is 4.21 Å². The Labute approximate surface area is 104 Å². The van der Waals surface area contributed by atoms with Crippen LogP contribution < -0.4 is 10.5 Å². The van der Waals surface area contributed by atoms with Gasteiger partial charge in [0.2, 0.25) is 0 Å². The highest BCUT2D eigenvalue weighted by Gasteiger charge is 2.06. The zero-order valence-corrected chi connectivity index (χ0v) is 10.6. The molecule has 0 radical (unpaired) electrons. The number of benzene rings is 1. The van der Waals surface area contributed by atoms with E-state index < -0.39 is 10.8 Å². The molecule has 5 heteroatoms. The third-order valence-electron chi connectivity index (χ3n) is 2.29. The van der Waals surface area contributed by atoms with Gasteiger partial charge in [-0.05, 0) is 30.7 Å². The van der Waals surface area contributed by atoms with Crippen LogP contribution in [0.1, 0.15) is 17.5 Å². The lowest BCUT2D eigenvalue weighted by molar-refractivity contribution is 0.413. The standard InChI is InChI=1S/C12H16N2O2S/c1-16-12-4-3-10(7-11(12)8-14)9-17(15)6-2-5-13/h3-4,7H,2,5-6,9,13H2,1H3.